The summed E-state index contributed by atoms with van der Waals surface area (Å²) in [5, 5.41) is 10.5. The van der Waals surface area contributed by atoms with Crippen LogP contribution in [-0.2, 0) is 0 Å². The fraction of sp³-hybridized carbons (Fsp3) is 0. The van der Waals surface area contributed by atoms with Gasteiger partial charge in [0.2, 0.25) is 0 Å². The van der Waals surface area contributed by atoms with Gasteiger partial charge in [-0.15, -0.1) is 0 Å². The molecule has 0 unspecified atom stereocenters. The molecule has 0 heterocycles. The van der Waals surface area contributed by atoms with Gasteiger partial charge in [-0.1, -0.05) is 6.07 Å². The number of carbonyl (C=O) groups is 1. The van der Waals surface area contributed by atoms with Gasteiger partial charge in [0.25, 0.3) is 0 Å². The van der Waals surface area contributed by atoms with Gasteiger partial charge >= 0.3 is 29.6 Å². The number of carboxylic acid groups (broad SMARTS) is 1. The first-order valence-electron chi connectivity index (χ1n) is 2.95. The second kappa shape index (κ2) is 6.08. The van der Waals surface area contributed by atoms with Crippen molar-refractivity contribution in [3.05, 3.63) is 27.3 Å². The summed E-state index contributed by atoms with van der Waals surface area (Å²) < 4.78 is 5.01. The molecule has 1 aromatic rings. The first-order chi connectivity index (χ1) is 5.66. The van der Waals surface area contributed by atoms with Crippen molar-refractivity contribution >= 4 is 40.4 Å². The van der Waals surface area contributed by atoms with E-state index in [0.717, 1.165) is 0 Å². The topological polar surface area (TPSA) is 49.4 Å². The van der Waals surface area contributed by atoms with Crippen LogP contribution in [0, 0.1) is 3.57 Å². The molecule has 0 aromatic heterocycles. The van der Waals surface area contributed by atoms with E-state index in [0.29, 0.717) is 3.57 Å². The van der Waals surface area contributed by atoms with E-state index in [-0.39, 0.29) is 40.9 Å². The van der Waals surface area contributed by atoms with Crippen molar-refractivity contribution in [1.82, 2.24) is 0 Å². The largest absolute Gasteiger partial charge is 1.00 e. The first kappa shape index (κ1) is 13.5. The fourth-order valence-electron chi connectivity index (χ4n) is 0.748. The van der Waals surface area contributed by atoms with Crippen LogP contribution >= 0.6 is 34.5 Å². The number of hydrogen-bond acceptors (Lipinski definition) is 3. The van der Waals surface area contributed by atoms with E-state index in [1.165, 1.54) is 6.07 Å². The van der Waals surface area contributed by atoms with Crippen LogP contribution in [0.15, 0.2) is 18.2 Å². The summed E-state index contributed by atoms with van der Waals surface area (Å²) in [5.41, 5.74) is -0.0445. The summed E-state index contributed by atoms with van der Waals surface area (Å²) in [4.78, 5) is 10.5. The molecule has 0 saturated heterocycles. The SMILES string of the molecule is O=C([O-])c1cccc(I)c1OCl.[Na+]. The van der Waals surface area contributed by atoms with Crippen molar-refractivity contribution in [2.75, 3.05) is 0 Å². The summed E-state index contributed by atoms with van der Waals surface area (Å²) >= 11 is 7.00. The Labute approximate surface area is 116 Å². The summed E-state index contributed by atoms with van der Waals surface area (Å²) in [6.07, 6.45) is 0. The molecule has 0 atom stereocenters. The number of hydrogen-bond donors (Lipinski definition) is 0. The maximum atomic E-state index is 10.5. The number of carboxylic acids is 1. The molecule has 0 spiro atoms. The third-order valence-corrected chi connectivity index (χ3v) is 2.27. The second-order valence-electron chi connectivity index (χ2n) is 1.98. The van der Waals surface area contributed by atoms with Crippen LogP contribution in [0.1, 0.15) is 10.4 Å². The molecule has 6 heteroatoms. The Morgan fingerprint density at radius 2 is 2.15 bits per heavy atom. The molecule has 0 aliphatic heterocycles. The average molecular weight is 320 g/mol. The maximum Gasteiger partial charge on any atom is 1.00 e. The summed E-state index contributed by atoms with van der Waals surface area (Å²) in [5.74, 6) is -1.18. The molecule has 64 valence electrons. The van der Waals surface area contributed by atoms with Crippen LogP contribution < -0.4 is 39.0 Å². The van der Waals surface area contributed by atoms with Gasteiger partial charge in [-0.2, -0.15) is 0 Å². The minimum Gasteiger partial charge on any atom is -0.545 e. The normalized spacial score (nSPS) is 8.77. The summed E-state index contributed by atoms with van der Waals surface area (Å²) in [6.45, 7) is 0. The Balaban J connectivity index is 0.00000144. The Kier molecular flexibility index (Phi) is 6.32. The van der Waals surface area contributed by atoms with Gasteiger partial charge < -0.3 is 14.2 Å². The van der Waals surface area contributed by atoms with Crippen molar-refractivity contribution in [2.45, 2.75) is 0 Å². The van der Waals surface area contributed by atoms with Crippen LogP contribution in [0.4, 0.5) is 0 Å². The van der Waals surface area contributed by atoms with Crippen LogP contribution in [0.2, 0.25) is 0 Å². The predicted molar refractivity (Wildman–Crippen MR) is 50.0 cm³/mol. The van der Waals surface area contributed by atoms with E-state index in [1.54, 1.807) is 12.1 Å². The van der Waals surface area contributed by atoms with Gasteiger partial charge in [-0.3, -0.25) is 0 Å². The molecule has 0 aliphatic rings. The Hall–Kier alpha value is 0.510. The van der Waals surface area contributed by atoms with Crippen molar-refractivity contribution in [3.8, 4) is 5.75 Å². The molecule has 0 N–H and O–H groups in total. The number of halogens is 2. The predicted octanol–water partition coefficient (Wildman–Crippen LogP) is -1.81. The zero-order valence-electron chi connectivity index (χ0n) is 6.71. The number of para-hydroxylation sites is 1. The molecule has 0 bridgehead atoms. The maximum absolute atomic E-state index is 10.5. The van der Waals surface area contributed by atoms with Gasteiger partial charge in [0.05, 0.1) is 9.54 Å². The van der Waals surface area contributed by atoms with Crippen LogP contribution in [0.3, 0.4) is 0 Å². The number of rotatable bonds is 2. The quantitative estimate of drug-likeness (QED) is 0.477. The fourth-order valence-corrected chi connectivity index (χ4v) is 1.65. The van der Waals surface area contributed by atoms with Crippen LogP contribution in [-0.4, -0.2) is 5.97 Å². The average Bonchev–Trinajstić information content (AvgIpc) is 2.03. The standard InChI is InChI=1S/C7H4ClIO3.Na/c8-12-6-4(7(10)11)2-1-3-5(6)9;/h1-3H,(H,10,11);/q;+1/p-1. The van der Waals surface area contributed by atoms with Crippen molar-refractivity contribution in [3.63, 3.8) is 0 Å². The van der Waals surface area contributed by atoms with E-state index in [4.69, 9.17) is 11.9 Å². The summed E-state index contributed by atoms with van der Waals surface area (Å²) in [7, 11) is 0. The third-order valence-electron chi connectivity index (χ3n) is 1.26. The zero-order chi connectivity index (χ0) is 9.14. The molecule has 0 amide bonds. The van der Waals surface area contributed by atoms with Gasteiger partial charge in [-0.05, 0) is 34.7 Å². The molecule has 3 nitrogen and oxygen atoms in total. The molecule has 0 saturated carbocycles. The first-order valence-corrected chi connectivity index (χ1v) is 4.34. The Morgan fingerprint density at radius 3 is 2.54 bits per heavy atom. The zero-order valence-corrected chi connectivity index (χ0v) is 11.6. The van der Waals surface area contributed by atoms with Gasteiger partial charge in [0.15, 0.2) is 5.75 Å². The Bertz CT molecular complexity index is 319. The molecular formula is C7H3ClINaO3. The Morgan fingerprint density at radius 1 is 1.54 bits per heavy atom. The van der Waals surface area contributed by atoms with Gasteiger partial charge in [0, 0.05) is 5.56 Å². The molecule has 0 fully saturated rings. The van der Waals surface area contributed by atoms with Crippen molar-refractivity contribution < 1.29 is 43.7 Å². The van der Waals surface area contributed by atoms with E-state index >= 15 is 0 Å². The molecule has 0 radical (unpaired) electrons. The van der Waals surface area contributed by atoms with Crippen LogP contribution in [0.25, 0.3) is 0 Å². The van der Waals surface area contributed by atoms with E-state index < -0.39 is 5.97 Å². The minimum atomic E-state index is -1.30. The second-order valence-corrected chi connectivity index (χ2v) is 3.30. The van der Waals surface area contributed by atoms with Crippen molar-refractivity contribution in [1.29, 1.82) is 0 Å². The molecular weight excluding hydrogens is 317 g/mol. The molecule has 1 rings (SSSR count). The molecule has 13 heavy (non-hydrogen) atoms. The molecule has 0 aliphatic carbocycles. The minimum absolute atomic E-state index is 0. The number of carbonyl (C=O) groups excluding carboxylic acids is 1. The smallest absolute Gasteiger partial charge is 0.545 e. The van der Waals surface area contributed by atoms with Gasteiger partial charge in [0.1, 0.15) is 11.9 Å². The number of aromatic carboxylic acids is 1. The van der Waals surface area contributed by atoms with E-state index in [2.05, 4.69) is 4.29 Å². The molecule has 1 aromatic carbocycles. The van der Waals surface area contributed by atoms with E-state index in [9.17, 15) is 9.90 Å². The van der Waals surface area contributed by atoms with E-state index in [1.807, 2.05) is 22.6 Å². The summed E-state index contributed by atoms with van der Waals surface area (Å²) in [6, 6.07) is 4.65. The van der Waals surface area contributed by atoms with Crippen LogP contribution in [0.5, 0.6) is 5.75 Å². The monoisotopic (exact) mass is 320 g/mol. The number of benzene rings is 1. The third kappa shape index (κ3) is 3.28. The van der Waals surface area contributed by atoms with Gasteiger partial charge in [-0.25, -0.2) is 0 Å². The van der Waals surface area contributed by atoms with Crippen molar-refractivity contribution in [2.24, 2.45) is 0 Å².